The van der Waals surface area contributed by atoms with E-state index in [0.717, 1.165) is 0 Å². The molecule has 8 heteroatoms. The van der Waals surface area contributed by atoms with Gasteiger partial charge in [-0.15, -0.1) is 12.4 Å². The summed E-state index contributed by atoms with van der Waals surface area (Å²) < 4.78 is 0. The molecule has 0 saturated carbocycles. The van der Waals surface area contributed by atoms with Crippen LogP contribution in [0.25, 0.3) is 0 Å². The molecule has 1 rings (SSSR count). The van der Waals surface area contributed by atoms with Crippen molar-refractivity contribution in [3.63, 3.8) is 0 Å². The van der Waals surface area contributed by atoms with Gasteiger partial charge in [0.05, 0.1) is 0 Å². The molecule has 1 saturated heterocycles. The molecule has 3 N–H and O–H groups in total. The fourth-order valence-electron chi connectivity index (χ4n) is 1.77. The van der Waals surface area contributed by atoms with Crippen molar-refractivity contribution in [2.45, 2.75) is 13.8 Å². The molecule has 0 aliphatic carbocycles. The van der Waals surface area contributed by atoms with Gasteiger partial charge in [-0.05, 0) is 19.4 Å². The summed E-state index contributed by atoms with van der Waals surface area (Å²) in [6.07, 6.45) is 0. The van der Waals surface area contributed by atoms with Gasteiger partial charge in [-0.1, -0.05) is 6.92 Å². The van der Waals surface area contributed by atoms with E-state index in [9.17, 15) is 14.4 Å². The summed E-state index contributed by atoms with van der Waals surface area (Å²) in [5.41, 5.74) is 5.45. The third kappa shape index (κ3) is 4.97. The molecule has 1 fully saturated rings. The van der Waals surface area contributed by atoms with E-state index in [2.05, 4.69) is 5.32 Å². The third-order valence-electron chi connectivity index (χ3n) is 3.16. The van der Waals surface area contributed by atoms with Crippen molar-refractivity contribution in [2.24, 2.45) is 11.7 Å². The van der Waals surface area contributed by atoms with E-state index in [4.69, 9.17) is 5.73 Å². The molecule has 3 amide bonds. The molecule has 0 radical (unpaired) electrons. The number of nitrogens with zero attached hydrogens (tertiary/aromatic N) is 2. The zero-order valence-electron chi connectivity index (χ0n) is 11.9. The second-order valence-electron chi connectivity index (χ2n) is 4.76. The number of nitrogens with two attached hydrogens (primary N) is 1. The second kappa shape index (κ2) is 8.76. The summed E-state index contributed by atoms with van der Waals surface area (Å²) >= 11 is 0. The minimum Gasteiger partial charge on any atom is -0.354 e. The standard InChI is InChI=1S/C12H22N4O3.ClH/c1-3-15-4-5-16(12(19)11(15)18)8-10(17)14-7-9(2)6-13;/h9H,3-8,13H2,1-2H3,(H,14,17);1H. The molecule has 0 bridgehead atoms. The number of amides is 3. The minimum absolute atomic E-state index is 0. The molecular formula is C12H23ClN4O3. The number of nitrogens with one attached hydrogen (secondary N) is 1. The largest absolute Gasteiger partial charge is 0.354 e. The second-order valence-corrected chi connectivity index (χ2v) is 4.76. The highest BCUT2D eigenvalue weighted by Crippen LogP contribution is 2.04. The van der Waals surface area contributed by atoms with Crippen molar-refractivity contribution in [1.29, 1.82) is 0 Å². The summed E-state index contributed by atoms with van der Waals surface area (Å²) in [7, 11) is 0. The summed E-state index contributed by atoms with van der Waals surface area (Å²) in [5, 5.41) is 2.70. The lowest BCUT2D eigenvalue weighted by molar-refractivity contribution is -0.156. The van der Waals surface area contributed by atoms with Crippen LogP contribution in [0.4, 0.5) is 0 Å². The maximum atomic E-state index is 11.8. The van der Waals surface area contributed by atoms with Crippen LogP contribution in [0.3, 0.4) is 0 Å². The molecule has 1 atom stereocenters. The number of hydrogen-bond acceptors (Lipinski definition) is 4. The zero-order chi connectivity index (χ0) is 14.4. The number of rotatable bonds is 6. The Balaban J connectivity index is 0.00000361. The number of halogens is 1. The highest BCUT2D eigenvalue weighted by Gasteiger charge is 2.32. The van der Waals surface area contributed by atoms with E-state index in [1.165, 1.54) is 9.80 Å². The number of carbonyl (C=O) groups excluding carboxylic acids is 3. The van der Waals surface area contributed by atoms with Crippen LogP contribution in [0, 0.1) is 5.92 Å². The SMILES string of the molecule is CCN1CCN(CC(=O)NCC(C)CN)C(=O)C1=O.Cl. The van der Waals surface area contributed by atoms with Gasteiger partial charge in [0.1, 0.15) is 6.54 Å². The Morgan fingerprint density at radius 3 is 2.40 bits per heavy atom. The van der Waals surface area contributed by atoms with Crippen molar-refractivity contribution in [3.8, 4) is 0 Å². The molecule has 1 heterocycles. The van der Waals surface area contributed by atoms with Crippen molar-refractivity contribution in [2.75, 3.05) is 39.3 Å². The smallest absolute Gasteiger partial charge is 0.312 e. The van der Waals surface area contributed by atoms with Crippen molar-refractivity contribution in [3.05, 3.63) is 0 Å². The van der Waals surface area contributed by atoms with E-state index in [0.29, 0.717) is 32.7 Å². The van der Waals surface area contributed by atoms with Gasteiger partial charge >= 0.3 is 11.8 Å². The van der Waals surface area contributed by atoms with Crippen LogP contribution in [0.1, 0.15) is 13.8 Å². The summed E-state index contributed by atoms with van der Waals surface area (Å²) in [5.74, 6) is -1.20. The maximum absolute atomic E-state index is 11.8. The van der Waals surface area contributed by atoms with Crippen LogP contribution in [0.2, 0.25) is 0 Å². The fourth-order valence-corrected chi connectivity index (χ4v) is 1.77. The summed E-state index contributed by atoms with van der Waals surface area (Å²) in [4.78, 5) is 37.8. The quantitative estimate of drug-likeness (QED) is 0.603. The number of likely N-dealkylation sites (N-methyl/N-ethyl adjacent to an activating group) is 1. The highest BCUT2D eigenvalue weighted by molar-refractivity contribution is 6.35. The Morgan fingerprint density at radius 2 is 1.85 bits per heavy atom. The van der Waals surface area contributed by atoms with Gasteiger partial charge in [-0.2, -0.15) is 0 Å². The maximum Gasteiger partial charge on any atom is 0.312 e. The number of hydrogen-bond donors (Lipinski definition) is 2. The molecule has 1 aliphatic rings. The van der Waals surface area contributed by atoms with Gasteiger partial charge in [0, 0.05) is 26.2 Å². The molecule has 0 spiro atoms. The van der Waals surface area contributed by atoms with Crippen molar-refractivity contribution >= 4 is 30.1 Å². The summed E-state index contributed by atoms with van der Waals surface area (Å²) in [6.45, 7) is 6.04. The van der Waals surface area contributed by atoms with Gasteiger partial charge in [0.2, 0.25) is 5.91 Å². The number of piperazine rings is 1. The van der Waals surface area contributed by atoms with Crippen LogP contribution in [0.5, 0.6) is 0 Å². The summed E-state index contributed by atoms with van der Waals surface area (Å²) in [6, 6.07) is 0. The lowest BCUT2D eigenvalue weighted by atomic mass is 10.2. The van der Waals surface area contributed by atoms with E-state index in [1.807, 2.05) is 13.8 Å². The minimum atomic E-state index is -0.602. The van der Waals surface area contributed by atoms with Gasteiger partial charge in [0.25, 0.3) is 0 Å². The van der Waals surface area contributed by atoms with Gasteiger partial charge in [-0.25, -0.2) is 0 Å². The Morgan fingerprint density at radius 1 is 1.30 bits per heavy atom. The first kappa shape index (κ1) is 18.7. The highest BCUT2D eigenvalue weighted by atomic mass is 35.5. The average Bonchev–Trinajstić information content (AvgIpc) is 2.41. The lowest BCUT2D eigenvalue weighted by Crippen LogP contribution is -2.56. The van der Waals surface area contributed by atoms with Crippen molar-refractivity contribution < 1.29 is 14.4 Å². The Bertz CT molecular complexity index is 365. The van der Waals surface area contributed by atoms with Crippen molar-refractivity contribution in [1.82, 2.24) is 15.1 Å². The Labute approximate surface area is 125 Å². The predicted molar refractivity (Wildman–Crippen MR) is 77.3 cm³/mol. The molecule has 0 aromatic rings. The predicted octanol–water partition coefficient (Wildman–Crippen LogP) is -1.19. The molecule has 7 nitrogen and oxygen atoms in total. The van der Waals surface area contributed by atoms with Crippen LogP contribution in [-0.4, -0.2) is 66.8 Å². The first-order valence-corrected chi connectivity index (χ1v) is 6.54. The van der Waals surface area contributed by atoms with Gasteiger partial charge in [0.15, 0.2) is 0 Å². The Hall–Kier alpha value is -1.34. The topological polar surface area (TPSA) is 95.7 Å². The third-order valence-corrected chi connectivity index (χ3v) is 3.16. The first-order valence-electron chi connectivity index (χ1n) is 6.54. The van der Waals surface area contributed by atoms with Crippen LogP contribution in [-0.2, 0) is 14.4 Å². The van der Waals surface area contributed by atoms with Gasteiger partial charge < -0.3 is 20.9 Å². The zero-order valence-corrected chi connectivity index (χ0v) is 12.7. The molecule has 116 valence electrons. The monoisotopic (exact) mass is 306 g/mol. The molecule has 0 aromatic carbocycles. The van der Waals surface area contributed by atoms with Crippen LogP contribution >= 0.6 is 12.4 Å². The van der Waals surface area contributed by atoms with E-state index < -0.39 is 11.8 Å². The van der Waals surface area contributed by atoms with Crippen LogP contribution in [0.15, 0.2) is 0 Å². The van der Waals surface area contributed by atoms with Crippen LogP contribution < -0.4 is 11.1 Å². The fraction of sp³-hybridized carbons (Fsp3) is 0.750. The molecule has 1 aliphatic heterocycles. The first-order chi connectivity index (χ1) is 8.99. The van der Waals surface area contributed by atoms with E-state index in [1.54, 1.807) is 0 Å². The molecular weight excluding hydrogens is 284 g/mol. The Kier molecular flexibility index (Phi) is 8.17. The lowest BCUT2D eigenvalue weighted by Gasteiger charge is -2.32. The van der Waals surface area contributed by atoms with E-state index in [-0.39, 0.29) is 30.8 Å². The molecule has 20 heavy (non-hydrogen) atoms. The average molecular weight is 307 g/mol. The molecule has 1 unspecified atom stereocenters. The normalized spacial score (nSPS) is 16.8. The molecule has 0 aromatic heterocycles. The van der Waals surface area contributed by atoms with Gasteiger partial charge in [-0.3, -0.25) is 14.4 Å². The number of carbonyl (C=O) groups is 3. The van der Waals surface area contributed by atoms with E-state index >= 15 is 0 Å².